The Hall–Kier alpha value is -1.09. The Labute approximate surface area is 97.0 Å². The van der Waals surface area contributed by atoms with Crippen molar-refractivity contribution in [3.63, 3.8) is 0 Å². The molecular formula is C13H20N2O. The molecule has 0 spiro atoms. The smallest absolute Gasteiger partial charge is 0.246 e. The van der Waals surface area contributed by atoms with Crippen LogP contribution >= 0.6 is 0 Å². The summed E-state index contributed by atoms with van der Waals surface area (Å²) in [4.78, 5) is 11.8. The van der Waals surface area contributed by atoms with Crippen LogP contribution in [-0.2, 0) is 4.79 Å². The van der Waals surface area contributed by atoms with Crippen molar-refractivity contribution in [1.29, 1.82) is 0 Å². The van der Waals surface area contributed by atoms with Gasteiger partial charge in [-0.15, -0.1) is 0 Å². The van der Waals surface area contributed by atoms with Gasteiger partial charge in [0.05, 0.1) is 0 Å². The van der Waals surface area contributed by atoms with Gasteiger partial charge < -0.3 is 10.6 Å². The fraction of sp³-hybridized carbons (Fsp3) is 0.615. The number of carbonyl (C=O) groups excluding carboxylic acids is 1. The van der Waals surface area contributed by atoms with Crippen molar-refractivity contribution in [2.75, 3.05) is 19.6 Å². The lowest BCUT2D eigenvalue weighted by molar-refractivity contribution is -0.117. The van der Waals surface area contributed by atoms with E-state index in [4.69, 9.17) is 0 Å². The van der Waals surface area contributed by atoms with Crippen LogP contribution in [0.1, 0.15) is 26.2 Å². The molecule has 88 valence electrons. The molecule has 0 aromatic heterocycles. The molecule has 1 atom stereocenters. The molecule has 0 bridgehead atoms. The molecule has 1 amide bonds. The molecule has 1 aliphatic carbocycles. The highest BCUT2D eigenvalue weighted by molar-refractivity contribution is 5.93. The summed E-state index contributed by atoms with van der Waals surface area (Å²) in [6, 6.07) is 0. The fourth-order valence-corrected chi connectivity index (χ4v) is 2.09. The number of hydrogen-bond acceptors (Lipinski definition) is 2. The molecule has 0 saturated carbocycles. The molecule has 1 unspecified atom stereocenters. The third-order valence-electron chi connectivity index (χ3n) is 3.48. The number of carbonyl (C=O) groups is 1. The van der Waals surface area contributed by atoms with E-state index in [1.807, 2.05) is 6.92 Å². The molecule has 0 aromatic rings. The van der Waals surface area contributed by atoms with E-state index in [1.54, 1.807) is 0 Å². The van der Waals surface area contributed by atoms with Crippen molar-refractivity contribution in [2.24, 2.45) is 5.92 Å². The molecule has 16 heavy (non-hydrogen) atoms. The first-order valence-electron chi connectivity index (χ1n) is 6.10. The number of nitrogens with one attached hydrogen (secondary N) is 2. The van der Waals surface area contributed by atoms with Gasteiger partial charge in [0.15, 0.2) is 0 Å². The van der Waals surface area contributed by atoms with E-state index in [-0.39, 0.29) is 5.91 Å². The van der Waals surface area contributed by atoms with Gasteiger partial charge in [0.2, 0.25) is 5.91 Å². The monoisotopic (exact) mass is 220 g/mol. The van der Waals surface area contributed by atoms with Crippen LogP contribution in [0.5, 0.6) is 0 Å². The molecule has 1 aliphatic heterocycles. The molecular weight excluding hydrogens is 200 g/mol. The van der Waals surface area contributed by atoms with Crippen LogP contribution in [0.2, 0.25) is 0 Å². The van der Waals surface area contributed by atoms with E-state index >= 15 is 0 Å². The number of amides is 1. The van der Waals surface area contributed by atoms with Gasteiger partial charge in [-0.05, 0) is 37.7 Å². The quantitative estimate of drug-likeness (QED) is 0.557. The van der Waals surface area contributed by atoms with Gasteiger partial charge in [-0.25, -0.2) is 0 Å². The van der Waals surface area contributed by atoms with Crippen molar-refractivity contribution in [1.82, 2.24) is 10.6 Å². The summed E-state index contributed by atoms with van der Waals surface area (Å²) in [5.41, 5.74) is 2.16. The highest BCUT2D eigenvalue weighted by Gasteiger charge is 2.17. The standard InChI is InChI=1S/C13H20N2O/c1-10(12-8-14-9-12)13(16)15-7-11-5-3-2-4-6-11/h2-3,11,14H,4-9H2,1H3,(H,15,16). The third kappa shape index (κ3) is 2.73. The predicted octanol–water partition coefficient (Wildman–Crippen LogP) is 1.38. The van der Waals surface area contributed by atoms with E-state index in [9.17, 15) is 4.79 Å². The maximum atomic E-state index is 11.8. The summed E-state index contributed by atoms with van der Waals surface area (Å²) in [5.74, 6) is 0.748. The molecule has 1 saturated heterocycles. The van der Waals surface area contributed by atoms with E-state index < -0.39 is 0 Å². The summed E-state index contributed by atoms with van der Waals surface area (Å²) in [7, 11) is 0. The number of hydrogen-bond donors (Lipinski definition) is 2. The fourth-order valence-electron chi connectivity index (χ4n) is 2.09. The Kier molecular flexibility index (Phi) is 3.78. The van der Waals surface area contributed by atoms with Crippen LogP contribution in [0.25, 0.3) is 0 Å². The predicted molar refractivity (Wildman–Crippen MR) is 65.1 cm³/mol. The maximum Gasteiger partial charge on any atom is 0.246 e. The van der Waals surface area contributed by atoms with E-state index in [1.165, 1.54) is 12.0 Å². The highest BCUT2D eigenvalue weighted by atomic mass is 16.1. The first kappa shape index (κ1) is 11.4. The Balaban J connectivity index is 1.77. The zero-order valence-electron chi connectivity index (χ0n) is 9.88. The van der Waals surface area contributed by atoms with Crippen LogP contribution < -0.4 is 10.6 Å². The Morgan fingerprint density at radius 3 is 2.88 bits per heavy atom. The van der Waals surface area contributed by atoms with Gasteiger partial charge >= 0.3 is 0 Å². The molecule has 0 radical (unpaired) electrons. The topological polar surface area (TPSA) is 41.1 Å². The van der Waals surface area contributed by atoms with E-state index in [0.29, 0.717) is 5.92 Å². The van der Waals surface area contributed by atoms with Crippen LogP contribution in [0, 0.1) is 5.92 Å². The first-order chi connectivity index (χ1) is 7.77. The van der Waals surface area contributed by atoms with Crippen molar-refractivity contribution >= 4 is 5.91 Å². The summed E-state index contributed by atoms with van der Waals surface area (Å²) < 4.78 is 0. The van der Waals surface area contributed by atoms with Crippen LogP contribution in [0.4, 0.5) is 0 Å². The molecule has 2 aliphatic rings. The van der Waals surface area contributed by atoms with Crippen molar-refractivity contribution in [2.45, 2.75) is 26.2 Å². The summed E-state index contributed by atoms with van der Waals surface area (Å²) in [6.45, 7) is 4.50. The van der Waals surface area contributed by atoms with Crippen LogP contribution in [0.15, 0.2) is 23.3 Å². The SMILES string of the molecule is CC(C(=O)NCC1CC=CCC1)=C1CNC1. The Morgan fingerprint density at radius 2 is 2.31 bits per heavy atom. The summed E-state index contributed by atoms with van der Waals surface area (Å²) in [6.07, 6.45) is 7.92. The Bertz CT molecular complexity index is 325. The van der Waals surface area contributed by atoms with E-state index in [2.05, 4.69) is 22.8 Å². The van der Waals surface area contributed by atoms with Gasteiger partial charge in [0, 0.05) is 25.2 Å². The molecule has 0 aromatic carbocycles. The van der Waals surface area contributed by atoms with Gasteiger partial charge in [-0.3, -0.25) is 4.79 Å². The highest BCUT2D eigenvalue weighted by Crippen LogP contribution is 2.17. The maximum absolute atomic E-state index is 11.8. The average molecular weight is 220 g/mol. The molecule has 3 nitrogen and oxygen atoms in total. The number of rotatable bonds is 3. The zero-order chi connectivity index (χ0) is 11.4. The lowest BCUT2D eigenvalue weighted by atomic mass is 9.94. The van der Waals surface area contributed by atoms with Gasteiger partial charge in [0.1, 0.15) is 0 Å². The zero-order valence-corrected chi connectivity index (χ0v) is 9.88. The third-order valence-corrected chi connectivity index (χ3v) is 3.48. The van der Waals surface area contributed by atoms with Crippen molar-refractivity contribution in [3.8, 4) is 0 Å². The minimum Gasteiger partial charge on any atom is -0.352 e. The summed E-state index contributed by atoms with van der Waals surface area (Å²) >= 11 is 0. The summed E-state index contributed by atoms with van der Waals surface area (Å²) in [5, 5.41) is 6.20. The van der Waals surface area contributed by atoms with Gasteiger partial charge in [-0.2, -0.15) is 0 Å². The normalized spacial score (nSPS) is 23.8. The molecule has 1 heterocycles. The average Bonchev–Trinajstić information content (AvgIpc) is 2.25. The molecule has 1 fully saturated rings. The second-order valence-corrected chi connectivity index (χ2v) is 4.69. The second-order valence-electron chi connectivity index (χ2n) is 4.69. The van der Waals surface area contributed by atoms with Crippen LogP contribution in [-0.4, -0.2) is 25.5 Å². The van der Waals surface area contributed by atoms with Crippen molar-refractivity contribution in [3.05, 3.63) is 23.3 Å². The van der Waals surface area contributed by atoms with Gasteiger partial charge in [-0.1, -0.05) is 12.2 Å². The van der Waals surface area contributed by atoms with Crippen LogP contribution in [0.3, 0.4) is 0 Å². The van der Waals surface area contributed by atoms with E-state index in [0.717, 1.165) is 38.0 Å². The minimum atomic E-state index is 0.117. The minimum absolute atomic E-state index is 0.117. The first-order valence-corrected chi connectivity index (χ1v) is 6.10. The molecule has 2 N–H and O–H groups in total. The van der Waals surface area contributed by atoms with Crippen molar-refractivity contribution < 1.29 is 4.79 Å². The molecule has 3 heteroatoms. The second kappa shape index (κ2) is 5.30. The van der Waals surface area contributed by atoms with Gasteiger partial charge in [0.25, 0.3) is 0 Å². The lowest BCUT2D eigenvalue weighted by Gasteiger charge is -2.22. The largest absolute Gasteiger partial charge is 0.352 e. The lowest BCUT2D eigenvalue weighted by Crippen LogP contribution is -2.38. The Morgan fingerprint density at radius 1 is 1.50 bits per heavy atom. The molecule has 2 rings (SSSR count). The number of allylic oxidation sites excluding steroid dienone is 2.